The molecule has 1 aromatic rings. The Hall–Kier alpha value is -1.56. The first-order chi connectivity index (χ1) is 10.6. The second-order valence-corrected chi connectivity index (χ2v) is 5.49. The molecular formula is C16H22BrNO4. The molecule has 0 aliphatic carbocycles. The fourth-order valence-corrected chi connectivity index (χ4v) is 2.21. The predicted molar refractivity (Wildman–Crippen MR) is 88.9 cm³/mol. The SMILES string of the molecule is CCOC(=O)CCN(CCC(=O)OCC)c1ccc(Br)cc1. The molecule has 0 spiro atoms. The van der Waals surface area contributed by atoms with Crippen molar-refractivity contribution < 1.29 is 19.1 Å². The molecule has 22 heavy (non-hydrogen) atoms. The van der Waals surface area contributed by atoms with Crippen molar-refractivity contribution in [2.75, 3.05) is 31.2 Å². The molecule has 0 aliphatic rings. The van der Waals surface area contributed by atoms with Gasteiger partial charge in [0.2, 0.25) is 0 Å². The number of hydrogen-bond acceptors (Lipinski definition) is 5. The number of carbonyl (C=O) groups excluding carboxylic acids is 2. The van der Waals surface area contributed by atoms with Gasteiger partial charge in [0.1, 0.15) is 0 Å². The first-order valence-electron chi connectivity index (χ1n) is 7.38. The van der Waals surface area contributed by atoms with Crippen LogP contribution in [0.25, 0.3) is 0 Å². The smallest absolute Gasteiger partial charge is 0.307 e. The highest BCUT2D eigenvalue weighted by molar-refractivity contribution is 9.10. The molecule has 1 aromatic carbocycles. The standard InChI is InChI=1S/C16H22BrNO4/c1-3-21-15(19)9-11-18(12-10-16(20)22-4-2)14-7-5-13(17)6-8-14/h5-8H,3-4,9-12H2,1-2H3. The summed E-state index contributed by atoms with van der Waals surface area (Å²) in [7, 11) is 0. The van der Waals surface area contributed by atoms with Crippen molar-refractivity contribution in [2.45, 2.75) is 26.7 Å². The zero-order valence-electron chi connectivity index (χ0n) is 13.0. The van der Waals surface area contributed by atoms with Gasteiger partial charge in [-0.2, -0.15) is 0 Å². The first kappa shape index (κ1) is 18.5. The van der Waals surface area contributed by atoms with E-state index in [1.54, 1.807) is 13.8 Å². The van der Waals surface area contributed by atoms with Crippen molar-refractivity contribution >= 4 is 33.6 Å². The predicted octanol–water partition coefficient (Wildman–Crippen LogP) is 3.16. The minimum absolute atomic E-state index is 0.235. The van der Waals surface area contributed by atoms with Gasteiger partial charge in [-0.3, -0.25) is 9.59 Å². The summed E-state index contributed by atoms with van der Waals surface area (Å²) in [6, 6.07) is 7.74. The molecule has 0 aliphatic heterocycles. The van der Waals surface area contributed by atoms with Gasteiger partial charge in [-0.25, -0.2) is 0 Å². The molecule has 0 bridgehead atoms. The Morgan fingerprint density at radius 2 is 1.41 bits per heavy atom. The lowest BCUT2D eigenvalue weighted by Crippen LogP contribution is -2.29. The number of halogens is 1. The summed E-state index contributed by atoms with van der Waals surface area (Å²) in [6.07, 6.45) is 0.569. The van der Waals surface area contributed by atoms with Gasteiger partial charge in [0.05, 0.1) is 26.1 Å². The number of esters is 2. The molecule has 122 valence electrons. The molecule has 0 radical (unpaired) electrons. The van der Waals surface area contributed by atoms with Crippen LogP contribution in [0.4, 0.5) is 5.69 Å². The van der Waals surface area contributed by atoms with E-state index in [0.717, 1.165) is 10.2 Å². The first-order valence-corrected chi connectivity index (χ1v) is 8.17. The Kier molecular flexibility index (Phi) is 8.58. The van der Waals surface area contributed by atoms with E-state index in [4.69, 9.17) is 9.47 Å². The van der Waals surface area contributed by atoms with Crippen LogP contribution in [0.2, 0.25) is 0 Å². The van der Waals surface area contributed by atoms with Crippen LogP contribution in [-0.4, -0.2) is 38.2 Å². The van der Waals surface area contributed by atoms with E-state index in [2.05, 4.69) is 15.9 Å². The van der Waals surface area contributed by atoms with Crippen molar-refractivity contribution in [3.05, 3.63) is 28.7 Å². The lowest BCUT2D eigenvalue weighted by molar-refractivity contribution is -0.143. The maximum Gasteiger partial charge on any atom is 0.307 e. The summed E-state index contributed by atoms with van der Waals surface area (Å²) in [5.41, 5.74) is 0.955. The Balaban J connectivity index is 2.65. The Morgan fingerprint density at radius 3 is 1.82 bits per heavy atom. The molecule has 0 N–H and O–H groups in total. The molecule has 0 saturated carbocycles. The molecule has 0 heterocycles. The van der Waals surface area contributed by atoms with Gasteiger partial charge in [0, 0.05) is 23.2 Å². The third kappa shape index (κ3) is 6.93. The highest BCUT2D eigenvalue weighted by atomic mass is 79.9. The fourth-order valence-electron chi connectivity index (χ4n) is 1.94. The molecule has 0 aromatic heterocycles. The largest absolute Gasteiger partial charge is 0.466 e. The summed E-state index contributed by atoms with van der Waals surface area (Å²) < 4.78 is 10.9. The van der Waals surface area contributed by atoms with E-state index >= 15 is 0 Å². The van der Waals surface area contributed by atoms with Crippen LogP contribution in [0.1, 0.15) is 26.7 Å². The molecule has 0 unspecified atom stereocenters. The van der Waals surface area contributed by atoms with Crippen molar-refractivity contribution in [3.63, 3.8) is 0 Å². The Morgan fingerprint density at radius 1 is 0.955 bits per heavy atom. The van der Waals surface area contributed by atoms with Gasteiger partial charge >= 0.3 is 11.9 Å². The number of nitrogens with zero attached hydrogens (tertiary/aromatic N) is 1. The maximum atomic E-state index is 11.5. The molecule has 1 rings (SSSR count). The maximum absolute atomic E-state index is 11.5. The minimum Gasteiger partial charge on any atom is -0.466 e. The van der Waals surface area contributed by atoms with Gasteiger partial charge in [0.15, 0.2) is 0 Å². The Labute approximate surface area is 139 Å². The average Bonchev–Trinajstić information content (AvgIpc) is 2.49. The van der Waals surface area contributed by atoms with Crippen LogP contribution in [0.15, 0.2) is 28.7 Å². The molecule has 0 saturated heterocycles. The van der Waals surface area contributed by atoms with Crippen LogP contribution in [0.5, 0.6) is 0 Å². The van der Waals surface area contributed by atoms with Crippen molar-refractivity contribution in [1.29, 1.82) is 0 Å². The molecule has 6 heteroatoms. The topological polar surface area (TPSA) is 55.8 Å². The van der Waals surface area contributed by atoms with Crippen LogP contribution in [0.3, 0.4) is 0 Å². The van der Waals surface area contributed by atoms with Crippen LogP contribution >= 0.6 is 15.9 Å². The quantitative estimate of drug-likeness (QED) is 0.624. The van der Waals surface area contributed by atoms with Crippen molar-refractivity contribution in [1.82, 2.24) is 0 Å². The number of ether oxygens (including phenoxy) is 2. The Bertz CT molecular complexity index is 454. The molecule has 0 atom stereocenters. The van der Waals surface area contributed by atoms with E-state index in [1.165, 1.54) is 0 Å². The van der Waals surface area contributed by atoms with Crippen LogP contribution in [0, 0.1) is 0 Å². The lowest BCUT2D eigenvalue weighted by Gasteiger charge is -2.24. The van der Waals surface area contributed by atoms with Crippen LogP contribution in [-0.2, 0) is 19.1 Å². The highest BCUT2D eigenvalue weighted by Crippen LogP contribution is 2.19. The monoisotopic (exact) mass is 371 g/mol. The van der Waals surface area contributed by atoms with Gasteiger partial charge in [-0.1, -0.05) is 15.9 Å². The summed E-state index contributed by atoms with van der Waals surface area (Å²) in [4.78, 5) is 25.0. The normalized spacial score (nSPS) is 10.1. The van der Waals surface area contributed by atoms with Gasteiger partial charge < -0.3 is 14.4 Å². The second-order valence-electron chi connectivity index (χ2n) is 4.57. The van der Waals surface area contributed by atoms with E-state index in [0.29, 0.717) is 26.3 Å². The number of rotatable bonds is 9. The number of anilines is 1. The van der Waals surface area contributed by atoms with Gasteiger partial charge in [-0.15, -0.1) is 0 Å². The summed E-state index contributed by atoms with van der Waals surface area (Å²) in [5.74, 6) is -0.471. The van der Waals surface area contributed by atoms with Crippen LogP contribution < -0.4 is 4.90 Å². The summed E-state index contributed by atoms with van der Waals surface area (Å²) >= 11 is 3.39. The van der Waals surface area contributed by atoms with Crippen molar-refractivity contribution in [2.24, 2.45) is 0 Å². The van der Waals surface area contributed by atoms with E-state index in [9.17, 15) is 9.59 Å². The molecule has 0 fully saturated rings. The summed E-state index contributed by atoms with van der Waals surface area (Å²) in [5, 5.41) is 0. The van der Waals surface area contributed by atoms with E-state index in [-0.39, 0.29) is 24.8 Å². The lowest BCUT2D eigenvalue weighted by atomic mass is 10.2. The highest BCUT2D eigenvalue weighted by Gasteiger charge is 2.12. The zero-order chi connectivity index (χ0) is 16.4. The third-order valence-corrected chi connectivity index (χ3v) is 3.50. The number of hydrogen-bond donors (Lipinski definition) is 0. The fraction of sp³-hybridized carbons (Fsp3) is 0.500. The van der Waals surface area contributed by atoms with E-state index < -0.39 is 0 Å². The average molecular weight is 372 g/mol. The second kappa shape index (κ2) is 10.2. The van der Waals surface area contributed by atoms with Gasteiger partial charge in [-0.05, 0) is 38.1 Å². The summed E-state index contributed by atoms with van der Waals surface area (Å²) in [6.45, 7) is 5.32. The number of benzene rings is 1. The minimum atomic E-state index is -0.235. The molecular weight excluding hydrogens is 350 g/mol. The molecule has 5 nitrogen and oxygen atoms in total. The van der Waals surface area contributed by atoms with Crippen molar-refractivity contribution in [3.8, 4) is 0 Å². The third-order valence-electron chi connectivity index (χ3n) is 2.97. The zero-order valence-corrected chi connectivity index (χ0v) is 14.6. The number of carbonyl (C=O) groups is 2. The van der Waals surface area contributed by atoms with E-state index in [1.807, 2.05) is 29.2 Å². The molecule has 0 amide bonds. The van der Waals surface area contributed by atoms with Gasteiger partial charge in [0.25, 0.3) is 0 Å².